The van der Waals surface area contributed by atoms with Crippen LogP contribution >= 0.6 is 0 Å². The quantitative estimate of drug-likeness (QED) is 0.785. The zero-order valence-corrected chi connectivity index (χ0v) is 16.4. The van der Waals surface area contributed by atoms with Crippen molar-refractivity contribution in [2.75, 3.05) is 26.3 Å². The van der Waals surface area contributed by atoms with E-state index >= 15 is 0 Å². The van der Waals surface area contributed by atoms with Crippen molar-refractivity contribution in [1.29, 1.82) is 0 Å². The van der Waals surface area contributed by atoms with Crippen LogP contribution in [0.2, 0.25) is 0 Å². The first kappa shape index (κ1) is 18.4. The van der Waals surface area contributed by atoms with Gasteiger partial charge in [0.25, 0.3) is 0 Å². The Balaban J connectivity index is 1.18. The van der Waals surface area contributed by atoms with Crippen LogP contribution in [0.4, 0.5) is 0 Å². The normalized spacial score (nSPS) is 25.6. The van der Waals surface area contributed by atoms with Crippen LogP contribution < -0.4 is 4.74 Å². The van der Waals surface area contributed by atoms with Crippen LogP contribution in [0, 0.1) is 5.92 Å². The third-order valence-electron chi connectivity index (χ3n) is 6.25. The summed E-state index contributed by atoms with van der Waals surface area (Å²) in [6.45, 7) is 2.13. The van der Waals surface area contributed by atoms with Crippen molar-refractivity contribution in [2.24, 2.45) is 5.92 Å². The van der Waals surface area contributed by atoms with E-state index in [4.69, 9.17) is 9.47 Å². The van der Waals surface area contributed by atoms with Gasteiger partial charge < -0.3 is 14.4 Å². The van der Waals surface area contributed by atoms with Gasteiger partial charge in [0, 0.05) is 30.0 Å². The van der Waals surface area contributed by atoms with Gasteiger partial charge in [0.2, 0.25) is 5.91 Å². The molecule has 3 aliphatic rings. The molecule has 2 aliphatic carbocycles. The summed E-state index contributed by atoms with van der Waals surface area (Å²) >= 11 is 0. The molecule has 1 aliphatic heterocycles. The largest absolute Gasteiger partial charge is 0.491 e. The Hall–Kier alpha value is -2.66. The molecule has 1 heterocycles. The molecule has 1 amide bonds. The van der Waals surface area contributed by atoms with Gasteiger partial charge in [0.15, 0.2) is 5.78 Å². The Morgan fingerprint density at radius 2 is 1.97 bits per heavy atom. The van der Waals surface area contributed by atoms with E-state index in [1.807, 2.05) is 41.3 Å². The van der Waals surface area contributed by atoms with Gasteiger partial charge >= 0.3 is 0 Å². The fourth-order valence-electron chi connectivity index (χ4n) is 4.57. The van der Waals surface area contributed by atoms with Gasteiger partial charge in [-0.2, -0.15) is 0 Å². The molecule has 1 saturated heterocycles. The van der Waals surface area contributed by atoms with Crippen LogP contribution in [-0.4, -0.2) is 49.0 Å². The predicted octanol–water partition coefficient (Wildman–Crippen LogP) is 3.23. The summed E-state index contributed by atoms with van der Waals surface area (Å²) in [7, 11) is 0. The molecule has 2 aromatic rings. The third-order valence-corrected chi connectivity index (χ3v) is 6.25. The van der Waals surface area contributed by atoms with Crippen molar-refractivity contribution in [3.05, 3.63) is 65.2 Å². The summed E-state index contributed by atoms with van der Waals surface area (Å²) in [4.78, 5) is 26.8. The second-order valence-electron chi connectivity index (χ2n) is 8.15. The van der Waals surface area contributed by atoms with E-state index in [2.05, 4.69) is 12.1 Å². The topological polar surface area (TPSA) is 55.8 Å². The van der Waals surface area contributed by atoms with Crippen molar-refractivity contribution in [3.8, 4) is 5.75 Å². The zero-order valence-electron chi connectivity index (χ0n) is 16.4. The minimum absolute atomic E-state index is 0.0977. The van der Waals surface area contributed by atoms with Crippen molar-refractivity contribution in [3.63, 3.8) is 0 Å². The number of ketones is 1. The highest BCUT2D eigenvalue weighted by Gasteiger charge is 2.46. The Kier molecular flexibility index (Phi) is 4.84. The van der Waals surface area contributed by atoms with E-state index in [1.54, 1.807) is 0 Å². The minimum atomic E-state index is -0.144. The Bertz CT molecular complexity index is 926. The lowest BCUT2D eigenvalue weighted by Crippen LogP contribution is -2.48. The highest BCUT2D eigenvalue weighted by molar-refractivity contribution is 6.01. The van der Waals surface area contributed by atoms with Gasteiger partial charge in [-0.15, -0.1) is 0 Å². The number of benzene rings is 2. The van der Waals surface area contributed by atoms with Crippen LogP contribution in [0.5, 0.6) is 5.75 Å². The SMILES string of the molecule is O=C1CCc2c(OCC3CN(C(=O)[C@@H]4C[C@H]4c4ccccc4)CCO3)cccc21. The van der Waals surface area contributed by atoms with Crippen LogP contribution in [0.3, 0.4) is 0 Å². The summed E-state index contributed by atoms with van der Waals surface area (Å²) in [6.07, 6.45) is 2.09. The standard InChI is InChI=1S/C24H25NO4/c26-22-10-9-19-18(22)7-4-8-23(19)29-15-17-14-25(11-12-28-17)24(27)21-13-20(21)16-5-2-1-3-6-16/h1-8,17,20-21H,9-15H2/t17?,20-,21+/m0/s1. The molecule has 1 saturated carbocycles. The number of ether oxygens (including phenoxy) is 2. The Morgan fingerprint density at radius 3 is 2.83 bits per heavy atom. The van der Waals surface area contributed by atoms with Crippen LogP contribution in [-0.2, 0) is 16.0 Å². The fraction of sp³-hybridized carbons (Fsp3) is 0.417. The molecule has 0 bridgehead atoms. The Morgan fingerprint density at radius 1 is 1.10 bits per heavy atom. The number of rotatable bonds is 5. The monoisotopic (exact) mass is 391 g/mol. The number of carbonyl (C=O) groups is 2. The van der Waals surface area contributed by atoms with Crippen LogP contribution in [0.1, 0.15) is 40.2 Å². The molecule has 0 N–H and O–H groups in total. The van der Waals surface area contributed by atoms with E-state index in [0.717, 1.165) is 29.7 Å². The number of hydrogen-bond acceptors (Lipinski definition) is 4. The molecule has 1 unspecified atom stereocenters. The lowest BCUT2D eigenvalue weighted by molar-refractivity contribution is -0.141. The second kappa shape index (κ2) is 7.64. The highest BCUT2D eigenvalue weighted by atomic mass is 16.5. The number of fused-ring (bicyclic) bond motifs is 1. The minimum Gasteiger partial charge on any atom is -0.491 e. The molecule has 150 valence electrons. The number of morpholine rings is 1. The van der Waals surface area contributed by atoms with Gasteiger partial charge in [0.1, 0.15) is 18.5 Å². The number of hydrogen-bond donors (Lipinski definition) is 0. The predicted molar refractivity (Wildman–Crippen MR) is 108 cm³/mol. The zero-order chi connectivity index (χ0) is 19.8. The lowest BCUT2D eigenvalue weighted by Gasteiger charge is -2.33. The molecule has 5 rings (SSSR count). The van der Waals surface area contributed by atoms with Crippen molar-refractivity contribution in [1.82, 2.24) is 4.90 Å². The van der Waals surface area contributed by atoms with Crippen molar-refractivity contribution in [2.45, 2.75) is 31.3 Å². The van der Waals surface area contributed by atoms with E-state index < -0.39 is 0 Å². The first-order chi connectivity index (χ1) is 14.2. The molecule has 5 nitrogen and oxygen atoms in total. The summed E-state index contributed by atoms with van der Waals surface area (Å²) in [5, 5.41) is 0. The maximum Gasteiger partial charge on any atom is 0.226 e. The molecule has 0 aromatic heterocycles. The smallest absolute Gasteiger partial charge is 0.226 e. The molecule has 29 heavy (non-hydrogen) atoms. The number of amides is 1. The van der Waals surface area contributed by atoms with Crippen LogP contribution in [0.15, 0.2) is 48.5 Å². The summed E-state index contributed by atoms with van der Waals surface area (Å²) < 4.78 is 11.9. The fourth-order valence-corrected chi connectivity index (χ4v) is 4.57. The molecule has 5 heteroatoms. The molecule has 0 spiro atoms. The van der Waals surface area contributed by atoms with E-state index in [9.17, 15) is 9.59 Å². The summed E-state index contributed by atoms with van der Waals surface area (Å²) in [5.41, 5.74) is 3.04. The first-order valence-electron chi connectivity index (χ1n) is 10.4. The second-order valence-corrected chi connectivity index (χ2v) is 8.15. The molecular formula is C24H25NO4. The maximum absolute atomic E-state index is 12.9. The molecular weight excluding hydrogens is 366 g/mol. The van der Waals surface area contributed by atoms with E-state index in [-0.39, 0.29) is 23.7 Å². The van der Waals surface area contributed by atoms with Gasteiger partial charge in [-0.25, -0.2) is 0 Å². The maximum atomic E-state index is 12.9. The van der Waals surface area contributed by atoms with Gasteiger partial charge in [-0.3, -0.25) is 9.59 Å². The summed E-state index contributed by atoms with van der Waals surface area (Å²) in [5.74, 6) is 1.64. The number of nitrogens with zero attached hydrogens (tertiary/aromatic N) is 1. The van der Waals surface area contributed by atoms with E-state index in [0.29, 0.717) is 38.6 Å². The number of carbonyl (C=O) groups excluding carboxylic acids is 2. The highest BCUT2D eigenvalue weighted by Crippen LogP contribution is 2.48. The third kappa shape index (κ3) is 3.67. The van der Waals surface area contributed by atoms with Crippen molar-refractivity contribution >= 4 is 11.7 Å². The summed E-state index contributed by atoms with van der Waals surface area (Å²) in [6, 6.07) is 15.9. The van der Waals surface area contributed by atoms with Gasteiger partial charge in [-0.05, 0) is 30.4 Å². The van der Waals surface area contributed by atoms with Crippen LogP contribution in [0.25, 0.3) is 0 Å². The molecule has 2 fully saturated rings. The average Bonchev–Trinajstić information content (AvgIpc) is 3.49. The van der Waals surface area contributed by atoms with Gasteiger partial charge in [0.05, 0.1) is 13.2 Å². The first-order valence-corrected chi connectivity index (χ1v) is 10.4. The molecule has 0 radical (unpaired) electrons. The molecule has 2 aromatic carbocycles. The number of Topliss-reactive ketones (excluding diaryl/α,β-unsaturated/α-hetero) is 1. The van der Waals surface area contributed by atoms with E-state index in [1.165, 1.54) is 5.56 Å². The Labute approximate surface area is 170 Å². The average molecular weight is 391 g/mol. The van der Waals surface area contributed by atoms with Gasteiger partial charge in [-0.1, -0.05) is 42.5 Å². The lowest BCUT2D eigenvalue weighted by atomic mass is 10.1. The van der Waals surface area contributed by atoms with Crippen molar-refractivity contribution < 1.29 is 19.1 Å². The molecule has 3 atom stereocenters.